The number of hydrogen-bond donors (Lipinski definition) is 0. The fourth-order valence-electron chi connectivity index (χ4n) is 1.23. The van der Waals surface area contributed by atoms with Gasteiger partial charge >= 0.3 is 7.87 Å². The minimum atomic E-state index is -2.29. The second-order valence-corrected chi connectivity index (χ2v) is 7.60. The predicted octanol–water partition coefficient (Wildman–Crippen LogP) is 3.43. The summed E-state index contributed by atoms with van der Waals surface area (Å²) in [5.41, 5.74) is 0. The van der Waals surface area contributed by atoms with Crippen LogP contribution < -0.4 is 0 Å². The first-order valence-corrected chi connectivity index (χ1v) is 8.01. The summed E-state index contributed by atoms with van der Waals surface area (Å²) < 4.78 is 10.4. The molecule has 0 aliphatic heterocycles. The minimum Gasteiger partial charge on any atom is -0.386 e. The summed E-state index contributed by atoms with van der Waals surface area (Å²) in [4.78, 5) is 0. The molecular weight excluding hydrogens is 204 g/mol. The van der Waals surface area contributed by atoms with Crippen molar-refractivity contribution in [1.82, 2.24) is 0 Å². The van der Waals surface area contributed by atoms with Crippen LogP contribution in [0.1, 0.15) is 39.0 Å². The highest BCUT2D eigenvalue weighted by Gasteiger charge is 2.32. The lowest BCUT2D eigenvalue weighted by Crippen LogP contribution is -2.32. The molecule has 0 fully saturated rings. The fourth-order valence-corrected chi connectivity index (χ4v) is 2.88. The predicted molar refractivity (Wildman–Crippen MR) is 59.2 cm³/mol. The number of hydrogen-bond acceptors (Lipinski definition) is 2. The van der Waals surface area contributed by atoms with Crippen molar-refractivity contribution in [2.75, 3.05) is 14.2 Å². The van der Waals surface area contributed by atoms with E-state index in [1.54, 1.807) is 14.2 Å². The Labute approximate surface area is 87.5 Å². The van der Waals surface area contributed by atoms with E-state index in [-0.39, 0.29) is 0 Å². The third-order valence-corrected chi connectivity index (χ3v) is 5.85. The first-order chi connectivity index (χ1) is 6.18. The Balaban J connectivity index is 3.39. The molecule has 0 aliphatic carbocycles. The average molecular weight is 225 g/mol. The molecule has 0 saturated heterocycles. The number of rotatable bonds is 8. The Kier molecular flexibility index (Phi) is 8.05. The molecule has 13 heavy (non-hydrogen) atoms. The van der Waals surface area contributed by atoms with E-state index in [2.05, 4.69) is 6.92 Å². The zero-order valence-electron chi connectivity index (χ0n) is 8.94. The molecule has 0 aromatic heterocycles. The van der Waals surface area contributed by atoms with Gasteiger partial charge in [-0.05, 0) is 0 Å². The highest BCUT2D eigenvalue weighted by Crippen LogP contribution is 2.20. The summed E-state index contributed by atoms with van der Waals surface area (Å²) in [6.07, 6.45) is 6.25. The van der Waals surface area contributed by atoms with Gasteiger partial charge in [0.2, 0.25) is 0 Å². The van der Waals surface area contributed by atoms with Crippen LogP contribution in [0.3, 0.4) is 0 Å². The summed E-state index contributed by atoms with van der Waals surface area (Å²) >= 11 is 6.12. The molecule has 0 bridgehead atoms. The van der Waals surface area contributed by atoms with Gasteiger partial charge in [-0.1, -0.05) is 50.1 Å². The molecule has 0 radical (unpaired) electrons. The van der Waals surface area contributed by atoms with Gasteiger partial charge in [0.05, 0.1) is 0 Å². The first-order valence-electron chi connectivity index (χ1n) is 4.97. The van der Waals surface area contributed by atoms with Gasteiger partial charge in [0, 0.05) is 20.3 Å². The van der Waals surface area contributed by atoms with Crippen LogP contribution >= 0.6 is 11.1 Å². The van der Waals surface area contributed by atoms with E-state index < -0.39 is 7.87 Å². The van der Waals surface area contributed by atoms with Crippen LogP contribution in [0.2, 0.25) is 6.04 Å². The van der Waals surface area contributed by atoms with E-state index in [0.717, 1.165) is 12.5 Å². The maximum Gasteiger partial charge on any atom is 0.442 e. The highest BCUT2D eigenvalue weighted by molar-refractivity contribution is 7.12. The van der Waals surface area contributed by atoms with Crippen molar-refractivity contribution in [2.45, 2.75) is 45.1 Å². The number of halogens is 1. The van der Waals surface area contributed by atoms with Crippen molar-refractivity contribution in [3.63, 3.8) is 0 Å². The van der Waals surface area contributed by atoms with Crippen LogP contribution in [0.15, 0.2) is 0 Å². The molecule has 0 aromatic rings. The largest absolute Gasteiger partial charge is 0.442 e. The average Bonchev–Trinajstić information content (AvgIpc) is 2.17. The quantitative estimate of drug-likeness (QED) is 0.357. The smallest absolute Gasteiger partial charge is 0.386 e. The van der Waals surface area contributed by atoms with E-state index in [9.17, 15) is 0 Å². The van der Waals surface area contributed by atoms with Crippen LogP contribution in [0.25, 0.3) is 0 Å². The Morgan fingerprint density at radius 3 is 2.00 bits per heavy atom. The minimum absolute atomic E-state index is 0.894. The SMILES string of the molecule is CCCCCCC[Si](Cl)(OC)OC. The highest BCUT2D eigenvalue weighted by atomic mass is 35.6. The van der Waals surface area contributed by atoms with Gasteiger partial charge in [0.1, 0.15) is 0 Å². The van der Waals surface area contributed by atoms with Crippen molar-refractivity contribution in [1.29, 1.82) is 0 Å². The van der Waals surface area contributed by atoms with Crippen molar-refractivity contribution >= 4 is 18.9 Å². The van der Waals surface area contributed by atoms with Crippen molar-refractivity contribution < 1.29 is 8.85 Å². The summed E-state index contributed by atoms with van der Waals surface area (Å²) in [5, 5.41) is 0. The molecule has 0 rings (SSSR count). The number of unbranched alkanes of at least 4 members (excludes halogenated alkanes) is 4. The molecule has 0 heterocycles. The molecule has 0 saturated carbocycles. The fraction of sp³-hybridized carbons (Fsp3) is 1.00. The maximum absolute atomic E-state index is 6.12. The van der Waals surface area contributed by atoms with E-state index >= 15 is 0 Å². The van der Waals surface area contributed by atoms with Crippen LogP contribution in [-0.4, -0.2) is 22.1 Å². The maximum atomic E-state index is 6.12. The van der Waals surface area contributed by atoms with Gasteiger partial charge in [-0.3, -0.25) is 0 Å². The van der Waals surface area contributed by atoms with Crippen molar-refractivity contribution in [2.24, 2.45) is 0 Å². The zero-order chi connectivity index (χ0) is 10.2. The first kappa shape index (κ1) is 13.4. The van der Waals surface area contributed by atoms with Crippen LogP contribution in [0.5, 0.6) is 0 Å². The van der Waals surface area contributed by atoms with Crippen LogP contribution in [0, 0.1) is 0 Å². The Morgan fingerprint density at radius 2 is 1.54 bits per heavy atom. The molecule has 4 heteroatoms. The third-order valence-electron chi connectivity index (χ3n) is 2.19. The Morgan fingerprint density at radius 1 is 1.00 bits per heavy atom. The van der Waals surface area contributed by atoms with E-state index in [1.807, 2.05) is 0 Å². The molecule has 80 valence electrons. The monoisotopic (exact) mass is 224 g/mol. The van der Waals surface area contributed by atoms with E-state index in [1.165, 1.54) is 25.7 Å². The van der Waals surface area contributed by atoms with E-state index in [0.29, 0.717) is 0 Å². The lowest BCUT2D eigenvalue weighted by Gasteiger charge is -2.19. The van der Waals surface area contributed by atoms with Crippen LogP contribution in [-0.2, 0) is 8.85 Å². The second kappa shape index (κ2) is 7.80. The van der Waals surface area contributed by atoms with Gasteiger partial charge in [-0.2, -0.15) is 0 Å². The molecular formula is C9H21ClO2Si. The summed E-state index contributed by atoms with van der Waals surface area (Å²) in [6.45, 7) is 2.21. The molecule has 0 aromatic carbocycles. The van der Waals surface area contributed by atoms with Gasteiger partial charge in [-0.15, -0.1) is 0 Å². The summed E-state index contributed by atoms with van der Waals surface area (Å²) in [5.74, 6) is 0. The lowest BCUT2D eigenvalue weighted by molar-refractivity contribution is 0.264. The molecule has 0 unspecified atom stereocenters. The molecule has 0 atom stereocenters. The third kappa shape index (κ3) is 6.49. The van der Waals surface area contributed by atoms with Crippen molar-refractivity contribution in [3.8, 4) is 0 Å². The Bertz CT molecular complexity index is 118. The lowest BCUT2D eigenvalue weighted by atomic mass is 10.2. The topological polar surface area (TPSA) is 18.5 Å². The Hall–Kier alpha value is 0.427. The van der Waals surface area contributed by atoms with Crippen LogP contribution in [0.4, 0.5) is 0 Å². The molecule has 0 N–H and O–H groups in total. The molecule has 0 aliphatic rings. The molecule has 2 nitrogen and oxygen atoms in total. The summed E-state index contributed by atoms with van der Waals surface area (Å²) in [6, 6.07) is 0.894. The van der Waals surface area contributed by atoms with Gasteiger partial charge in [-0.25, -0.2) is 0 Å². The van der Waals surface area contributed by atoms with Gasteiger partial charge in [0.15, 0.2) is 0 Å². The normalized spacial score (nSPS) is 12.0. The van der Waals surface area contributed by atoms with Crippen molar-refractivity contribution in [3.05, 3.63) is 0 Å². The van der Waals surface area contributed by atoms with Gasteiger partial charge in [0.25, 0.3) is 0 Å². The zero-order valence-corrected chi connectivity index (χ0v) is 10.7. The standard InChI is InChI=1S/C9H21ClO2Si/c1-4-5-6-7-8-9-13(10,11-2)12-3/h4-9H2,1-3H3. The second-order valence-electron chi connectivity index (χ2n) is 3.23. The molecule has 0 spiro atoms. The van der Waals surface area contributed by atoms with Gasteiger partial charge < -0.3 is 8.85 Å². The molecule has 0 amide bonds. The van der Waals surface area contributed by atoms with E-state index in [4.69, 9.17) is 19.9 Å². The summed E-state index contributed by atoms with van der Waals surface area (Å²) in [7, 11) is 0.982.